The number of aromatic hydroxyl groups is 1. The third kappa shape index (κ3) is 9.52. The molecular weight excluding hydrogens is 312 g/mol. The summed E-state index contributed by atoms with van der Waals surface area (Å²) in [6.07, 6.45) is 15.8. The van der Waals surface area contributed by atoms with E-state index >= 15 is 0 Å². The number of phenols is 1. The van der Waals surface area contributed by atoms with Crippen molar-refractivity contribution in [2.75, 3.05) is 0 Å². The van der Waals surface area contributed by atoms with Gasteiger partial charge in [-0.3, -0.25) is 4.79 Å². The van der Waals surface area contributed by atoms with Crippen LogP contribution in [0, 0.1) is 0 Å². The lowest BCUT2D eigenvalue weighted by molar-refractivity contribution is -0.139. The molecule has 0 saturated heterocycles. The predicted octanol–water partition coefficient (Wildman–Crippen LogP) is 6.65. The minimum absolute atomic E-state index is 0.0915. The highest BCUT2D eigenvalue weighted by Crippen LogP contribution is 2.30. The van der Waals surface area contributed by atoms with Crippen LogP contribution in [-0.2, 0) is 4.79 Å². The highest BCUT2D eigenvalue weighted by Gasteiger charge is 2.21. The summed E-state index contributed by atoms with van der Waals surface area (Å²) in [5, 5.41) is 19.3. The van der Waals surface area contributed by atoms with Crippen LogP contribution in [0.3, 0.4) is 0 Å². The first-order valence-corrected chi connectivity index (χ1v) is 10.2. The Morgan fingerprint density at radius 3 is 1.80 bits per heavy atom. The van der Waals surface area contributed by atoms with Crippen LogP contribution in [0.25, 0.3) is 0 Å². The number of hydrogen-bond donors (Lipinski definition) is 2. The molecule has 2 N–H and O–H groups in total. The van der Waals surface area contributed by atoms with Gasteiger partial charge in [-0.15, -0.1) is 0 Å². The van der Waals surface area contributed by atoms with Crippen molar-refractivity contribution in [3.05, 3.63) is 29.8 Å². The van der Waals surface area contributed by atoms with Crippen molar-refractivity contribution in [3.8, 4) is 5.75 Å². The van der Waals surface area contributed by atoms with Gasteiger partial charge in [-0.05, 0) is 12.5 Å². The van der Waals surface area contributed by atoms with E-state index in [2.05, 4.69) is 6.92 Å². The van der Waals surface area contributed by atoms with Gasteiger partial charge >= 0.3 is 5.97 Å². The van der Waals surface area contributed by atoms with E-state index in [0.717, 1.165) is 12.8 Å². The van der Waals surface area contributed by atoms with Gasteiger partial charge in [-0.25, -0.2) is 0 Å². The molecule has 0 aliphatic rings. The first-order chi connectivity index (χ1) is 12.2. The number of hydrogen-bond acceptors (Lipinski definition) is 2. The molecule has 0 saturated carbocycles. The van der Waals surface area contributed by atoms with Crippen molar-refractivity contribution in [3.63, 3.8) is 0 Å². The SMILES string of the molecule is CCCCCCCCCCCCCCC(C(=O)O)c1ccccc1O. The minimum Gasteiger partial charge on any atom is -0.508 e. The highest BCUT2D eigenvalue weighted by atomic mass is 16.4. The number of unbranched alkanes of at least 4 members (excludes halogenated alkanes) is 11. The Morgan fingerprint density at radius 2 is 1.32 bits per heavy atom. The third-order valence-electron chi connectivity index (χ3n) is 4.96. The van der Waals surface area contributed by atoms with Gasteiger partial charge in [0.2, 0.25) is 0 Å². The molecule has 0 aliphatic carbocycles. The van der Waals surface area contributed by atoms with E-state index in [1.807, 2.05) is 0 Å². The van der Waals surface area contributed by atoms with Gasteiger partial charge in [-0.2, -0.15) is 0 Å². The van der Waals surface area contributed by atoms with E-state index < -0.39 is 11.9 Å². The van der Waals surface area contributed by atoms with Crippen LogP contribution in [0.1, 0.15) is 102 Å². The fourth-order valence-electron chi connectivity index (χ4n) is 3.38. The molecule has 0 bridgehead atoms. The second-order valence-electron chi connectivity index (χ2n) is 7.13. The molecule has 1 rings (SSSR count). The molecule has 1 aromatic rings. The van der Waals surface area contributed by atoms with Crippen LogP contribution in [0.4, 0.5) is 0 Å². The van der Waals surface area contributed by atoms with Crippen molar-refractivity contribution < 1.29 is 15.0 Å². The van der Waals surface area contributed by atoms with Gasteiger partial charge in [0.15, 0.2) is 0 Å². The molecule has 3 heteroatoms. The zero-order valence-corrected chi connectivity index (χ0v) is 15.9. The molecule has 142 valence electrons. The molecule has 0 aliphatic heterocycles. The zero-order valence-electron chi connectivity index (χ0n) is 15.9. The maximum absolute atomic E-state index is 11.5. The standard InChI is InChI=1S/C22H36O3/c1-2-3-4-5-6-7-8-9-10-11-12-13-17-20(22(24)25)19-16-14-15-18-21(19)23/h14-16,18,20,23H,2-13,17H2,1H3,(H,24,25). The number of aliphatic carboxylic acids is 1. The Labute approximate surface area is 153 Å². The quantitative estimate of drug-likeness (QED) is 0.349. The molecule has 0 aromatic heterocycles. The molecule has 1 unspecified atom stereocenters. The van der Waals surface area contributed by atoms with E-state index in [9.17, 15) is 15.0 Å². The average molecular weight is 349 g/mol. The topological polar surface area (TPSA) is 57.5 Å². The zero-order chi connectivity index (χ0) is 18.3. The number of carboxylic acids is 1. The largest absolute Gasteiger partial charge is 0.508 e. The molecule has 0 heterocycles. The molecule has 1 aromatic carbocycles. The Morgan fingerprint density at radius 1 is 0.840 bits per heavy atom. The summed E-state index contributed by atoms with van der Waals surface area (Å²) >= 11 is 0. The van der Waals surface area contributed by atoms with Crippen LogP contribution >= 0.6 is 0 Å². The normalized spacial score (nSPS) is 12.2. The van der Waals surface area contributed by atoms with E-state index in [-0.39, 0.29) is 5.75 Å². The average Bonchev–Trinajstić information content (AvgIpc) is 2.60. The summed E-state index contributed by atoms with van der Waals surface area (Å²) in [6.45, 7) is 2.25. The van der Waals surface area contributed by atoms with Crippen LogP contribution in [-0.4, -0.2) is 16.2 Å². The molecule has 0 spiro atoms. The summed E-state index contributed by atoms with van der Waals surface area (Å²) in [7, 11) is 0. The van der Waals surface area contributed by atoms with Crippen molar-refractivity contribution in [2.24, 2.45) is 0 Å². The Hall–Kier alpha value is -1.51. The molecule has 0 radical (unpaired) electrons. The van der Waals surface area contributed by atoms with Gasteiger partial charge in [0, 0.05) is 5.56 Å². The Kier molecular flexibility index (Phi) is 11.8. The summed E-state index contributed by atoms with van der Waals surface area (Å²) in [4.78, 5) is 11.5. The van der Waals surface area contributed by atoms with Gasteiger partial charge in [0.25, 0.3) is 0 Å². The van der Waals surface area contributed by atoms with Crippen LogP contribution < -0.4 is 0 Å². The Bertz CT molecular complexity index is 470. The van der Waals surface area contributed by atoms with Gasteiger partial charge in [-0.1, -0.05) is 102 Å². The van der Waals surface area contributed by atoms with E-state index in [1.165, 1.54) is 64.2 Å². The molecule has 3 nitrogen and oxygen atoms in total. The molecular formula is C22H36O3. The van der Waals surface area contributed by atoms with Gasteiger partial charge in [0.05, 0.1) is 5.92 Å². The lowest BCUT2D eigenvalue weighted by atomic mass is 9.92. The molecule has 0 fully saturated rings. The number of carbonyl (C=O) groups is 1. The van der Waals surface area contributed by atoms with Crippen molar-refractivity contribution >= 4 is 5.97 Å². The summed E-state index contributed by atoms with van der Waals surface area (Å²) in [5.74, 6) is -1.34. The maximum atomic E-state index is 11.5. The number of phenolic OH excluding ortho intramolecular Hbond substituents is 1. The summed E-state index contributed by atoms with van der Waals surface area (Å²) < 4.78 is 0. The van der Waals surface area contributed by atoms with E-state index in [1.54, 1.807) is 24.3 Å². The molecule has 25 heavy (non-hydrogen) atoms. The second kappa shape index (κ2) is 13.7. The van der Waals surface area contributed by atoms with Crippen LogP contribution in [0.5, 0.6) is 5.75 Å². The number of carboxylic acid groups (broad SMARTS) is 1. The lowest BCUT2D eigenvalue weighted by Gasteiger charge is -2.14. The van der Waals surface area contributed by atoms with E-state index in [0.29, 0.717) is 12.0 Å². The predicted molar refractivity (Wildman–Crippen MR) is 104 cm³/mol. The number of para-hydroxylation sites is 1. The first-order valence-electron chi connectivity index (χ1n) is 10.2. The number of benzene rings is 1. The smallest absolute Gasteiger partial charge is 0.311 e. The maximum Gasteiger partial charge on any atom is 0.311 e. The van der Waals surface area contributed by atoms with E-state index in [4.69, 9.17) is 0 Å². The minimum atomic E-state index is -0.843. The lowest BCUT2D eigenvalue weighted by Crippen LogP contribution is -2.11. The fourth-order valence-corrected chi connectivity index (χ4v) is 3.38. The van der Waals surface area contributed by atoms with Crippen LogP contribution in [0.15, 0.2) is 24.3 Å². The monoisotopic (exact) mass is 348 g/mol. The van der Waals surface area contributed by atoms with Gasteiger partial charge < -0.3 is 10.2 Å². The second-order valence-corrected chi connectivity index (χ2v) is 7.13. The third-order valence-corrected chi connectivity index (χ3v) is 4.96. The highest BCUT2D eigenvalue weighted by molar-refractivity contribution is 5.77. The Balaban J connectivity index is 2.08. The molecule has 1 atom stereocenters. The first kappa shape index (κ1) is 21.5. The van der Waals surface area contributed by atoms with Crippen LogP contribution in [0.2, 0.25) is 0 Å². The fraction of sp³-hybridized carbons (Fsp3) is 0.682. The molecule has 0 amide bonds. The summed E-state index contributed by atoms with van der Waals surface area (Å²) in [6, 6.07) is 6.79. The van der Waals surface area contributed by atoms with Gasteiger partial charge in [0.1, 0.15) is 5.75 Å². The summed E-state index contributed by atoms with van der Waals surface area (Å²) in [5.41, 5.74) is 0.540. The van der Waals surface area contributed by atoms with Crippen molar-refractivity contribution in [1.82, 2.24) is 0 Å². The van der Waals surface area contributed by atoms with Crippen molar-refractivity contribution in [1.29, 1.82) is 0 Å². The number of rotatable bonds is 15. The van der Waals surface area contributed by atoms with Crippen molar-refractivity contribution in [2.45, 2.75) is 96.3 Å².